The van der Waals surface area contributed by atoms with E-state index in [1.807, 2.05) is 0 Å². The van der Waals surface area contributed by atoms with Gasteiger partial charge in [0.15, 0.2) is 0 Å². The molecule has 0 aliphatic heterocycles. The topological polar surface area (TPSA) is 103 Å². The molecule has 1 heterocycles. The molecule has 0 spiro atoms. The van der Waals surface area contributed by atoms with E-state index < -0.39 is 16.0 Å². The third kappa shape index (κ3) is 2.80. The fraction of sp³-hybridized carbons (Fsp3) is 0.167. The Morgan fingerprint density at radius 1 is 1.30 bits per heavy atom. The van der Waals surface area contributed by atoms with Crippen molar-refractivity contribution in [1.29, 1.82) is 0 Å². The van der Waals surface area contributed by atoms with E-state index in [0.717, 1.165) is 10.6 Å². The van der Waals surface area contributed by atoms with Crippen LogP contribution in [0.5, 0.6) is 0 Å². The third-order valence-electron chi connectivity index (χ3n) is 2.83. The van der Waals surface area contributed by atoms with Gasteiger partial charge in [-0.25, -0.2) is 13.2 Å². The van der Waals surface area contributed by atoms with Crippen LogP contribution in [0.3, 0.4) is 0 Å². The Labute approximate surface area is 115 Å². The molecular weight excluding hydrogens is 282 g/mol. The highest BCUT2D eigenvalue weighted by atomic mass is 32.2. The number of anilines is 1. The highest BCUT2D eigenvalue weighted by Gasteiger charge is 2.13. The number of carbonyl (C=O) groups is 1. The Kier molecular flexibility index (Phi) is 3.49. The zero-order chi connectivity index (χ0) is 14.9. The maximum absolute atomic E-state index is 11.4. The summed E-state index contributed by atoms with van der Waals surface area (Å²) in [6.45, 7) is 0. The number of hydrogen-bond donors (Lipinski definition) is 2. The lowest BCUT2D eigenvalue weighted by Crippen LogP contribution is -2.24. The highest BCUT2D eigenvalue weighted by molar-refractivity contribution is 7.92. The molecule has 8 heteroatoms. The molecule has 2 rings (SSSR count). The van der Waals surface area contributed by atoms with Crippen molar-refractivity contribution in [2.75, 3.05) is 17.6 Å². The molecule has 0 aliphatic rings. The Bertz CT molecular complexity index is 734. The minimum atomic E-state index is -3.31. The van der Waals surface area contributed by atoms with Crippen LogP contribution in [0.2, 0.25) is 0 Å². The molecule has 0 atom stereocenters. The van der Waals surface area contributed by atoms with Crippen LogP contribution in [0.1, 0.15) is 10.5 Å². The molecule has 20 heavy (non-hydrogen) atoms. The van der Waals surface area contributed by atoms with Crippen LogP contribution in [-0.4, -0.2) is 43.0 Å². The number of aromatic amines is 1. The zero-order valence-electron chi connectivity index (χ0n) is 10.9. The van der Waals surface area contributed by atoms with E-state index in [2.05, 4.69) is 10.2 Å². The second-order valence-corrected chi connectivity index (χ2v) is 6.26. The van der Waals surface area contributed by atoms with Gasteiger partial charge in [0.25, 0.3) is 0 Å². The molecular formula is C12H13N3O4S. The van der Waals surface area contributed by atoms with E-state index in [1.54, 1.807) is 24.3 Å². The standard InChI is InChI=1S/C12H13N3O4S/c1-15(20(2,18)19)9-5-3-8(4-6-9)10-7-11(12(16)17)14-13-10/h3-7H,1-2H3,(H,13,14)(H,16,17). The van der Waals surface area contributed by atoms with Gasteiger partial charge in [0, 0.05) is 12.6 Å². The molecule has 0 amide bonds. The lowest BCUT2D eigenvalue weighted by molar-refractivity contribution is 0.0690. The molecule has 0 saturated heterocycles. The summed E-state index contributed by atoms with van der Waals surface area (Å²) in [5.74, 6) is -1.09. The van der Waals surface area contributed by atoms with Gasteiger partial charge >= 0.3 is 5.97 Å². The normalized spacial score (nSPS) is 11.3. The van der Waals surface area contributed by atoms with Crippen molar-refractivity contribution in [1.82, 2.24) is 10.2 Å². The average Bonchev–Trinajstić information content (AvgIpc) is 2.86. The van der Waals surface area contributed by atoms with Crippen molar-refractivity contribution in [3.63, 3.8) is 0 Å². The predicted molar refractivity (Wildman–Crippen MR) is 74.2 cm³/mol. The molecule has 1 aromatic carbocycles. The van der Waals surface area contributed by atoms with E-state index in [0.29, 0.717) is 16.9 Å². The van der Waals surface area contributed by atoms with Crippen LogP contribution < -0.4 is 4.31 Å². The van der Waals surface area contributed by atoms with E-state index in [1.165, 1.54) is 13.1 Å². The first-order chi connectivity index (χ1) is 9.29. The maximum atomic E-state index is 11.4. The minimum absolute atomic E-state index is 0.00247. The van der Waals surface area contributed by atoms with Crippen molar-refractivity contribution in [2.24, 2.45) is 0 Å². The summed E-state index contributed by atoms with van der Waals surface area (Å²) in [5, 5.41) is 15.1. The summed E-state index contributed by atoms with van der Waals surface area (Å²) in [6, 6.07) is 8.03. The number of rotatable bonds is 4. The Balaban J connectivity index is 2.30. The van der Waals surface area contributed by atoms with E-state index in [9.17, 15) is 13.2 Å². The number of sulfonamides is 1. The van der Waals surface area contributed by atoms with Gasteiger partial charge in [0.1, 0.15) is 5.69 Å². The van der Waals surface area contributed by atoms with Gasteiger partial charge in [-0.3, -0.25) is 9.40 Å². The summed E-state index contributed by atoms with van der Waals surface area (Å²) < 4.78 is 24.0. The van der Waals surface area contributed by atoms with Gasteiger partial charge in [0.05, 0.1) is 17.6 Å². The zero-order valence-corrected chi connectivity index (χ0v) is 11.7. The molecule has 0 fully saturated rings. The van der Waals surface area contributed by atoms with E-state index in [-0.39, 0.29) is 5.69 Å². The average molecular weight is 295 g/mol. The molecule has 1 aromatic heterocycles. The van der Waals surface area contributed by atoms with Gasteiger partial charge in [0.2, 0.25) is 10.0 Å². The lowest BCUT2D eigenvalue weighted by atomic mass is 10.1. The van der Waals surface area contributed by atoms with Gasteiger partial charge < -0.3 is 5.11 Å². The molecule has 2 aromatic rings. The van der Waals surface area contributed by atoms with E-state index in [4.69, 9.17) is 5.11 Å². The Morgan fingerprint density at radius 3 is 2.35 bits per heavy atom. The SMILES string of the molecule is CN(c1ccc(-c2cc(C(=O)O)[nH]n2)cc1)S(C)(=O)=O. The Hall–Kier alpha value is -2.35. The number of aromatic carboxylic acids is 1. The fourth-order valence-corrected chi connectivity index (χ4v) is 2.12. The lowest BCUT2D eigenvalue weighted by Gasteiger charge is -2.16. The molecule has 0 unspecified atom stereocenters. The molecule has 0 saturated carbocycles. The smallest absolute Gasteiger partial charge is 0.353 e. The van der Waals surface area contributed by atoms with Crippen molar-refractivity contribution in [2.45, 2.75) is 0 Å². The van der Waals surface area contributed by atoms with Crippen LogP contribution in [0.15, 0.2) is 30.3 Å². The number of benzene rings is 1. The maximum Gasteiger partial charge on any atom is 0.353 e. The highest BCUT2D eigenvalue weighted by Crippen LogP contribution is 2.22. The number of nitrogens with zero attached hydrogens (tertiary/aromatic N) is 2. The number of hydrogen-bond acceptors (Lipinski definition) is 4. The largest absolute Gasteiger partial charge is 0.477 e. The summed E-state index contributed by atoms with van der Waals surface area (Å²) in [7, 11) is -1.85. The molecule has 106 valence electrons. The van der Waals surface area contributed by atoms with Crippen molar-refractivity contribution >= 4 is 21.7 Å². The number of aromatic nitrogens is 2. The molecule has 7 nitrogen and oxygen atoms in total. The first-order valence-electron chi connectivity index (χ1n) is 5.62. The predicted octanol–water partition coefficient (Wildman–Crippen LogP) is 1.17. The van der Waals surface area contributed by atoms with Crippen LogP contribution in [-0.2, 0) is 10.0 Å². The van der Waals surface area contributed by atoms with Crippen LogP contribution in [0.25, 0.3) is 11.3 Å². The summed E-state index contributed by atoms with van der Waals surface area (Å²) >= 11 is 0. The molecule has 2 N–H and O–H groups in total. The summed E-state index contributed by atoms with van der Waals surface area (Å²) in [6.07, 6.45) is 1.12. The summed E-state index contributed by atoms with van der Waals surface area (Å²) in [4.78, 5) is 10.8. The second kappa shape index (κ2) is 4.97. The van der Waals surface area contributed by atoms with E-state index >= 15 is 0 Å². The molecule has 0 bridgehead atoms. The summed E-state index contributed by atoms with van der Waals surface area (Å²) in [5.41, 5.74) is 1.69. The van der Waals surface area contributed by atoms with Crippen molar-refractivity contribution < 1.29 is 18.3 Å². The third-order valence-corrected chi connectivity index (χ3v) is 4.04. The first-order valence-corrected chi connectivity index (χ1v) is 7.47. The quantitative estimate of drug-likeness (QED) is 0.881. The van der Waals surface area contributed by atoms with Crippen molar-refractivity contribution in [3.05, 3.63) is 36.0 Å². The van der Waals surface area contributed by atoms with Crippen LogP contribution in [0, 0.1) is 0 Å². The number of nitrogens with one attached hydrogen (secondary N) is 1. The number of carboxylic acid groups (broad SMARTS) is 1. The van der Waals surface area contributed by atoms with Crippen LogP contribution in [0.4, 0.5) is 5.69 Å². The minimum Gasteiger partial charge on any atom is -0.477 e. The van der Waals surface area contributed by atoms with Gasteiger partial charge in [-0.1, -0.05) is 12.1 Å². The number of H-pyrrole nitrogens is 1. The van der Waals surface area contributed by atoms with Crippen LogP contribution >= 0.6 is 0 Å². The molecule has 0 aliphatic carbocycles. The fourth-order valence-electron chi connectivity index (χ4n) is 1.61. The first kappa shape index (κ1) is 14.1. The van der Waals surface area contributed by atoms with Gasteiger partial charge in [-0.2, -0.15) is 5.10 Å². The van der Waals surface area contributed by atoms with Gasteiger partial charge in [-0.15, -0.1) is 0 Å². The monoisotopic (exact) mass is 295 g/mol. The Morgan fingerprint density at radius 2 is 1.90 bits per heavy atom. The number of carboxylic acids is 1. The van der Waals surface area contributed by atoms with Crippen molar-refractivity contribution in [3.8, 4) is 11.3 Å². The molecule has 0 radical (unpaired) electrons. The van der Waals surface area contributed by atoms with Gasteiger partial charge in [-0.05, 0) is 18.2 Å². The second-order valence-electron chi connectivity index (χ2n) is 4.25.